The van der Waals surface area contributed by atoms with Gasteiger partial charge in [-0.2, -0.15) is 0 Å². The summed E-state index contributed by atoms with van der Waals surface area (Å²) in [5.74, 6) is 0. The summed E-state index contributed by atoms with van der Waals surface area (Å²) in [5.41, 5.74) is 0. The van der Waals surface area contributed by atoms with Crippen LogP contribution in [0, 0.1) is 0 Å². The van der Waals surface area contributed by atoms with E-state index in [1.165, 1.54) is 25.7 Å². The van der Waals surface area contributed by atoms with E-state index in [0.717, 1.165) is 0 Å². The maximum absolute atomic E-state index is 2.29. The molecule has 0 saturated carbocycles. The van der Waals surface area contributed by atoms with Crippen LogP contribution < -0.4 is 0 Å². The van der Waals surface area contributed by atoms with E-state index >= 15 is 0 Å². The van der Waals surface area contributed by atoms with Crippen molar-refractivity contribution in [2.45, 2.75) is 48.4 Å². The van der Waals surface area contributed by atoms with Crippen molar-refractivity contribution in [2.75, 3.05) is 0 Å². The molecule has 0 amide bonds. The molecule has 0 heterocycles. The molecule has 0 aliphatic heterocycles. The van der Waals surface area contributed by atoms with Gasteiger partial charge in [-0.25, -0.2) is 0 Å². The van der Waals surface area contributed by atoms with Gasteiger partial charge in [-0.05, 0) is 0 Å². The van der Waals surface area contributed by atoms with Crippen LogP contribution in [-0.2, 0) is 21.7 Å². The standard InChI is InChI=1S/2C4H9.Sn.Ti/c2*1-3-4-2;;/h2*1,3-4H2,2H3;;. The van der Waals surface area contributed by atoms with Gasteiger partial charge >= 0.3 is 69.5 Å². The molecule has 0 fully saturated rings. The van der Waals surface area contributed by atoms with Crippen LogP contribution in [0.3, 0.4) is 0 Å². The Hall–Kier alpha value is 1.51. The van der Waals surface area contributed by atoms with Crippen LogP contribution in [0.4, 0.5) is 0 Å². The predicted octanol–water partition coefficient (Wildman–Crippen LogP) is 3.12. The minimum absolute atomic E-state index is 0. The van der Waals surface area contributed by atoms with Gasteiger partial charge in [-0.3, -0.25) is 0 Å². The molecule has 0 spiro atoms. The number of rotatable bonds is 6. The molecule has 10 heavy (non-hydrogen) atoms. The Bertz CT molecular complexity index is 42.5. The van der Waals surface area contributed by atoms with Crippen molar-refractivity contribution in [1.29, 1.82) is 0 Å². The zero-order valence-electron chi connectivity index (χ0n) is 7.24. The van der Waals surface area contributed by atoms with Gasteiger partial charge in [-0.15, -0.1) is 0 Å². The Morgan fingerprint density at radius 3 is 1.60 bits per heavy atom. The molecule has 0 aliphatic carbocycles. The van der Waals surface area contributed by atoms with Crippen LogP contribution >= 0.6 is 0 Å². The van der Waals surface area contributed by atoms with Crippen LogP contribution in [0.5, 0.6) is 0 Å². The first-order valence-electron chi connectivity index (χ1n) is 4.12. The molecule has 0 aromatic carbocycles. The summed E-state index contributed by atoms with van der Waals surface area (Å²) in [6.07, 6.45) is 5.84. The Kier molecular flexibility index (Phi) is 18.5. The van der Waals surface area contributed by atoms with E-state index in [-0.39, 0.29) is 42.9 Å². The van der Waals surface area contributed by atoms with Gasteiger partial charge in [-0.1, -0.05) is 0 Å². The minimum Gasteiger partial charge on any atom is 0 e. The van der Waals surface area contributed by atoms with E-state index in [4.69, 9.17) is 0 Å². The summed E-state index contributed by atoms with van der Waals surface area (Å²) in [4.78, 5) is 0. The second kappa shape index (κ2) is 13.1. The normalized spacial score (nSPS) is 9.00. The smallest absolute Gasteiger partial charge is 0 e. The molecule has 0 aromatic heterocycles. The van der Waals surface area contributed by atoms with Crippen molar-refractivity contribution in [2.24, 2.45) is 0 Å². The fourth-order valence-electron chi connectivity index (χ4n) is 0.729. The maximum Gasteiger partial charge on any atom is 0 e. The Labute approximate surface area is 90.6 Å². The number of hydrogen-bond acceptors (Lipinski definition) is 0. The number of hydrogen-bond donors (Lipinski definition) is 0. The van der Waals surface area contributed by atoms with Gasteiger partial charge < -0.3 is 0 Å². The first kappa shape index (κ1) is 14.1. The molecule has 0 rings (SSSR count). The summed E-state index contributed by atoms with van der Waals surface area (Å²) in [6, 6.07) is 0. The third kappa shape index (κ3) is 12.2. The molecule has 0 atom stereocenters. The topological polar surface area (TPSA) is 0 Å². The molecular formula is C8H18SnTi. The monoisotopic (exact) mass is 282 g/mol. The molecule has 0 aromatic rings. The van der Waals surface area contributed by atoms with Crippen LogP contribution in [0.25, 0.3) is 0 Å². The SMILES string of the molecule is CCC[CH2][Sn][CH2]CCC.[Ti]. The molecule has 2 heteroatoms. The minimum atomic E-state index is 0. The van der Waals surface area contributed by atoms with E-state index in [9.17, 15) is 0 Å². The average Bonchev–Trinajstić information content (AvgIpc) is 1.89. The fourth-order valence-corrected chi connectivity index (χ4v) is 4.89. The first-order valence-corrected chi connectivity index (χ1v) is 8.16. The predicted molar refractivity (Wildman–Crippen MR) is 45.2 cm³/mol. The van der Waals surface area contributed by atoms with Crippen LogP contribution in [0.1, 0.15) is 39.5 Å². The molecule has 0 nitrogen and oxygen atoms in total. The van der Waals surface area contributed by atoms with Crippen LogP contribution in [0.2, 0.25) is 8.87 Å². The van der Waals surface area contributed by atoms with Crippen molar-refractivity contribution in [3.05, 3.63) is 0 Å². The van der Waals surface area contributed by atoms with E-state index in [1.54, 1.807) is 8.87 Å². The second-order valence-electron chi connectivity index (χ2n) is 2.46. The molecular weight excluding hydrogens is 263 g/mol. The number of unbranched alkanes of at least 4 members (excludes halogenated alkanes) is 2. The summed E-state index contributed by atoms with van der Waals surface area (Å²) < 4.78 is 3.25. The first-order chi connectivity index (χ1) is 4.41. The Balaban J connectivity index is 0. The third-order valence-corrected chi connectivity index (χ3v) is 5.45. The zero-order valence-corrected chi connectivity index (χ0v) is 11.7. The van der Waals surface area contributed by atoms with E-state index in [1.807, 2.05) is 0 Å². The zero-order chi connectivity index (χ0) is 6.95. The summed E-state index contributed by atoms with van der Waals surface area (Å²) in [5, 5.41) is 0. The van der Waals surface area contributed by atoms with Gasteiger partial charge in [0.15, 0.2) is 0 Å². The second-order valence-corrected chi connectivity index (χ2v) is 6.74. The summed E-state index contributed by atoms with van der Waals surface area (Å²) in [7, 11) is 0. The van der Waals surface area contributed by atoms with Gasteiger partial charge in [0.25, 0.3) is 0 Å². The molecule has 0 unspecified atom stereocenters. The van der Waals surface area contributed by atoms with E-state index in [0.29, 0.717) is 0 Å². The van der Waals surface area contributed by atoms with E-state index < -0.39 is 0 Å². The van der Waals surface area contributed by atoms with Crippen LogP contribution in [0.15, 0.2) is 0 Å². The summed E-state index contributed by atoms with van der Waals surface area (Å²) >= 11 is 0.149. The molecule has 0 bridgehead atoms. The van der Waals surface area contributed by atoms with Gasteiger partial charge in [0, 0.05) is 21.7 Å². The quantitative estimate of drug-likeness (QED) is 0.518. The Morgan fingerprint density at radius 1 is 0.900 bits per heavy atom. The van der Waals surface area contributed by atoms with Crippen molar-refractivity contribution in [3.8, 4) is 0 Å². The van der Waals surface area contributed by atoms with Crippen molar-refractivity contribution in [1.82, 2.24) is 0 Å². The average molecular weight is 281 g/mol. The fraction of sp³-hybridized carbons (Fsp3) is 1.00. The van der Waals surface area contributed by atoms with Crippen molar-refractivity contribution < 1.29 is 21.7 Å². The molecule has 2 radical (unpaired) electrons. The largest absolute Gasteiger partial charge is 0 e. The molecule has 0 N–H and O–H groups in total. The third-order valence-electron chi connectivity index (χ3n) is 1.41. The maximum atomic E-state index is 2.29. The molecule has 58 valence electrons. The Morgan fingerprint density at radius 2 is 1.30 bits per heavy atom. The van der Waals surface area contributed by atoms with Crippen molar-refractivity contribution in [3.63, 3.8) is 0 Å². The molecule has 0 saturated heterocycles. The van der Waals surface area contributed by atoms with E-state index in [2.05, 4.69) is 13.8 Å². The van der Waals surface area contributed by atoms with Crippen LogP contribution in [-0.4, -0.2) is 21.1 Å². The molecule has 0 aliphatic rings. The van der Waals surface area contributed by atoms with Gasteiger partial charge in [0.1, 0.15) is 0 Å². The van der Waals surface area contributed by atoms with Crippen molar-refractivity contribution >= 4 is 21.1 Å². The van der Waals surface area contributed by atoms with Gasteiger partial charge in [0.05, 0.1) is 0 Å². The summed E-state index contributed by atoms with van der Waals surface area (Å²) in [6.45, 7) is 4.58. The van der Waals surface area contributed by atoms with Gasteiger partial charge in [0.2, 0.25) is 0 Å².